The zero-order chi connectivity index (χ0) is 14.8. The quantitative estimate of drug-likeness (QED) is 0.836. The number of carbonyl (C=O) groups excluding carboxylic acids is 1. The standard InChI is InChI=1S/C15H13BrN2O3/c16-14-10(2-1-3-11(14)17)15(19)18-7-9-4-5-12-13(6-9)21-8-20-12/h1-6H,7-8,17H2,(H,18,19). The number of nitrogen functional groups attached to an aromatic ring is 1. The SMILES string of the molecule is Nc1cccc(C(=O)NCc2ccc3c(c2)OCO3)c1Br. The lowest BCUT2D eigenvalue weighted by Crippen LogP contribution is -2.23. The highest BCUT2D eigenvalue weighted by Gasteiger charge is 2.14. The van der Waals surface area contributed by atoms with Crippen molar-refractivity contribution in [3.63, 3.8) is 0 Å². The molecule has 0 spiro atoms. The average molecular weight is 349 g/mol. The van der Waals surface area contributed by atoms with Crippen LogP contribution in [0.1, 0.15) is 15.9 Å². The van der Waals surface area contributed by atoms with Gasteiger partial charge in [-0.3, -0.25) is 4.79 Å². The number of fused-ring (bicyclic) bond motifs is 1. The minimum absolute atomic E-state index is 0.188. The summed E-state index contributed by atoms with van der Waals surface area (Å²) < 4.78 is 11.2. The Hall–Kier alpha value is -2.21. The molecule has 0 saturated heterocycles. The Kier molecular flexibility index (Phi) is 3.70. The lowest BCUT2D eigenvalue weighted by atomic mass is 10.1. The van der Waals surface area contributed by atoms with Gasteiger partial charge in [-0.25, -0.2) is 0 Å². The Morgan fingerprint density at radius 2 is 2.05 bits per heavy atom. The fraction of sp³-hybridized carbons (Fsp3) is 0.133. The second kappa shape index (κ2) is 5.65. The van der Waals surface area contributed by atoms with Crippen LogP contribution in [0.2, 0.25) is 0 Å². The van der Waals surface area contributed by atoms with Crippen LogP contribution >= 0.6 is 15.9 Å². The molecule has 0 fully saturated rings. The Bertz CT molecular complexity index is 703. The number of rotatable bonds is 3. The second-order valence-corrected chi connectivity index (χ2v) is 5.37. The van der Waals surface area contributed by atoms with E-state index in [-0.39, 0.29) is 12.7 Å². The van der Waals surface area contributed by atoms with E-state index in [0.29, 0.717) is 28.0 Å². The van der Waals surface area contributed by atoms with Gasteiger partial charge in [0.1, 0.15) is 0 Å². The molecule has 1 aliphatic rings. The van der Waals surface area contributed by atoms with E-state index < -0.39 is 0 Å². The van der Waals surface area contributed by atoms with Crippen molar-refractivity contribution < 1.29 is 14.3 Å². The van der Waals surface area contributed by atoms with E-state index in [1.54, 1.807) is 18.2 Å². The Labute approximate surface area is 130 Å². The summed E-state index contributed by atoms with van der Waals surface area (Å²) in [5, 5.41) is 2.85. The summed E-state index contributed by atoms with van der Waals surface area (Å²) in [6.07, 6.45) is 0. The van der Waals surface area contributed by atoms with Crippen LogP contribution in [0.3, 0.4) is 0 Å². The number of benzene rings is 2. The minimum Gasteiger partial charge on any atom is -0.454 e. The fourth-order valence-electron chi connectivity index (χ4n) is 2.05. The van der Waals surface area contributed by atoms with Crippen molar-refractivity contribution in [1.29, 1.82) is 0 Å². The topological polar surface area (TPSA) is 73.6 Å². The summed E-state index contributed by atoms with van der Waals surface area (Å²) in [6.45, 7) is 0.637. The normalized spacial score (nSPS) is 12.2. The maximum atomic E-state index is 12.2. The van der Waals surface area contributed by atoms with Gasteiger partial charge in [0.05, 0.1) is 10.0 Å². The number of hydrogen-bond donors (Lipinski definition) is 2. The number of anilines is 1. The molecule has 0 aromatic heterocycles. The van der Waals surface area contributed by atoms with Gasteiger partial charge in [0.15, 0.2) is 11.5 Å². The lowest BCUT2D eigenvalue weighted by Gasteiger charge is -2.09. The summed E-state index contributed by atoms with van der Waals surface area (Å²) in [4.78, 5) is 12.2. The molecule has 1 amide bonds. The van der Waals surface area contributed by atoms with Gasteiger partial charge in [0.25, 0.3) is 5.91 Å². The molecule has 1 heterocycles. The van der Waals surface area contributed by atoms with Gasteiger partial charge < -0.3 is 20.5 Å². The van der Waals surface area contributed by atoms with Crippen molar-refractivity contribution in [2.75, 3.05) is 12.5 Å². The number of carbonyl (C=O) groups is 1. The maximum Gasteiger partial charge on any atom is 0.252 e. The summed E-state index contributed by atoms with van der Waals surface area (Å²) in [5.74, 6) is 1.24. The van der Waals surface area contributed by atoms with Gasteiger partial charge in [0, 0.05) is 12.2 Å². The molecule has 108 valence electrons. The largest absolute Gasteiger partial charge is 0.454 e. The molecule has 0 atom stereocenters. The van der Waals surface area contributed by atoms with Crippen molar-refractivity contribution in [2.24, 2.45) is 0 Å². The monoisotopic (exact) mass is 348 g/mol. The molecule has 0 saturated carbocycles. The highest BCUT2D eigenvalue weighted by molar-refractivity contribution is 9.10. The number of hydrogen-bond acceptors (Lipinski definition) is 4. The highest BCUT2D eigenvalue weighted by Crippen LogP contribution is 2.32. The van der Waals surface area contributed by atoms with Gasteiger partial charge >= 0.3 is 0 Å². The number of halogens is 1. The van der Waals surface area contributed by atoms with E-state index in [1.165, 1.54) is 0 Å². The smallest absolute Gasteiger partial charge is 0.252 e. The van der Waals surface area contributed by atoms with Crippen molar-refractivity contribution in [1.82, 2.24) is 5.32 Å². The molecule has 0 radical (unpaired) electrons. The first-order valence-electron chi connectivity index (χ1n) is 6.36. The van der Waals surface area contributed by atoms with E-state index in [1.807, 2.05) is 18.2 Å². The predicted octanol–water partition coefficient (Wildman–Crippen LogP) is 2.69. The van der Waals surface area contributed by atoms with E-state index in [2.05, 4.69) is 21.2 Å². The predicted molar refractivity (Wildman–Crippen MR) is 82.3 cm³/mol. The molecule has 6 heteroatoms. The number of nitrogens with one attached hydrogen (secondary N) is 1. The first-order chi connectivity index (χ1) is 10.1. The highest BCUT2D eigenvalue weighted by atomic mass is 79.9. The van der Waals surface area contributed by atoms with E-state index in [4.69, 9.17) is 15.2 Å². The van der Waals surface area contributed by atoms with Crippen molar-refractivity contribution in [3.8, 4) is 11.5 Å². The fourth-order valence-corrected chi connectivity index (χ4v) is 2.50. The molecular weight excluding hydrogens is 336 g/mol. The number of nitrogens with two attached hydrogens (primary N) is 1. The second-order valence-electron chi connectivity index (χ2n) is 4.58. The molecule has 21 heavy (non-hydrogen) atoms. The molecule has 0 aliphatic carbocycles. The zero-order valence-electron chi connectivity index (χ0n) is 11.1. The maximum absolute atomic E-state index is 12.2. The third kappa shape index (κ3) is 2.80. The van der Waals surface area contributed by atoms with E-state index in [0.717, 1.165) is 11.3 Å². The molecule has 1 aliphatic heterocycles. The van der Waals surface area contributed by atoms with Gasteiger partial charge in [0.2, 0.25) is 6.79 Å². The third-order valence-corrected chi connectivity index (χ3v) is 4.05. The first-order valence-corrected chi connectivity index (χ1v) is 7.15. The summed E-state index contributed by atoms with van der Waals surface area (Å²) >= 11 is 3.33. The molecule has 2 aromatic carbocycles. The lowest BCUT2D eigenvalue weighted by molar-refractivity contribution is 0.0950. The Balaban J connectivity index is 1.70. The molecule has 5 nitrogen and oxygen atoms in total. The van der Waals surface area contributed by atoms with Crippen LogP contribution < -0.4 is 20.5 Å². The first kappa shape index (κ1) is 13.8. The molecular formula is C15H13BrN2O3. The van der Waals surface area contributed by atoms with Crippen molar-refractivity contribution >= 4 is 27.5 Å². The van der Waals surface area contributed by atoms with Crippen LogP contribution in [0.25, 0.3) is 0 Å². The molecule has 3 rings (SSSR count). The van der Waals surface area contributed by atoms with Crippen molar-refractivity contribution in [3.05, 3.63) is 52.0 Å². The number of ether oxygens (including phenoxy) is 2. The van der Waals surface area contributed by atoms with Crippen LogP contribution in [0.15, 0.2) is 40.9 Å². The molecule has 0 unspecified atom stereocenters. The van der Waals surface area contributed by atoms with Crippen molar-refractivity contribution in [2.45, 2.75) is 6.54 Å². The van der Waals surface area contributed by atoms with E-state index in [9.17, 15) is 4.79 Å². The Morgan fingerprint density at radius 3 is 2.90 bits per heavy atom. The van der Waals surface area contributed by atoms with Gasteiger partial charge in [-0.05, 0) is 45.8 Å². The summed E-state index contributed by atoms with van der Waals surface area (Å²) in [6, 6.07) is 10.8. The molecule has 3 N–H and O–H groups in total. The van der Waals surface area contributed by atoms with Crippen LogP contribution in [0.5, 0.6) is 11.5 Å². The van der Waals surface area contributed by atoms with Crippen LogP contribution in [0.4, 0.5) is 5.69 Å². The van der Waals surface area contributed by atoms with Crippen LogP contribution in [-0.4, -0.2) is 12.7 Å². The summed E-state index contributed by atoms with van der Waals surface area (Å²) in [7, 11) is 0. The Morgan fingerprint density at radius 1 is 1.24 bits per heavy atom. The van der Waals surface area contributed by atoms with Crippen LogP contribution in [0, 0.1) is 0 Å². The minimum atomic E-state index is -0.188. The van der Waals surface area contributed by atoms with Gasteiger partial charge in [-0.2, -0.15) is 0 Å². The van der Waals surface area contributed by atoms with Gasteiger partial charge in [-0.1, -0.05) is 12.1 Å². The average Bonchev–Trinajstić information content (AvgIpc) is 2.95. The third-order valence-electron chi connectivity index (χ3n) is 3.16. The van der Waals surface area contributed by atoms with Crippen LogP contribution in [-0.2, 0) is 6.54 Å². The van der Waals surface area contributed by atoms with Gasteiger partial charge in [-0.15, -0.1) is 0 Å². The molecule has 0 bridgehead atoms. The zero-order valence-corrected chi connectivity index (χ0v) is 12.6. The van der Waals surface area contributed by atoms with E-state index >= 15 is 0 Å². The summed E-state index contributed by atoms with van der Waals surface area (Å²) in [5.41, 5.74) is 7.75. The molecule has 2 aromatic rings. The number of amides is 1.